The molecule has 1 aliphatic carbocycles. The molecule has 104 valence electrons. The van der Waals surface area contributed by atoms with Gasteiger partial charge in [0.05, 0.1) is 5.56 Å². The zero-order chi connectivity index (χ0) is 13.8. The van der Waals surface area contributed by atoms with Crippen LogP contribution in [-0.4, -0.2) is 17.6 Å². The van der Waals surface area contributed by atoms with E-state index in [1.165, 1.54) is 25.0 Å². The van der Waals surface area contributed by atoms with E-state index >= 15 is 0 Å². The van der Waals surface area contributed by atoms with E-state index in [0.717, 1.165) is 24.8 Å². The first-order chi connectivity index (χ1) is 9.06. The fourth-order valence-electron chi connectivity index (χ4n) is 2.77. The van der Waals surface area contributed by atoms with Crippen molar-refractivity contribution in [3.63, 3.8) is 0 Å². The molecule has 0 aliphatic heterocycles. The molecule has 0 spiro atoms. The quantitative estimate of drug-likeness (QED) is 0.882. The Hall–Kier alpha value is -1.58. The molecule has 0 radical (unpaired) electrons. The van der Waals surface area contributed by atoms with Gasteiger partial charge < -0.3 is 10.4 Å². The maximum absolute atomic E-state index is 12.8. The minimum absolute atomic E-state index is 0.130. The summed E-state index contributed by atoms with van der Waals surface area (Å²) in [6, 6.07) is 3.44. The Morgan fingerprint density at radius 2 is 2.26 bits per heavy atom. The number of hydrogen-bond donors (Lipinski definition) is 2. The van der Waals surface area contributed by atoms with Crippen molar-refractivity contribution in [2.45, 2.75) is 32.6 Å². The maximum Gasteiger partial charge on any atom is 0.255 e. The molecule has 0 saturated heterocycles. The third-order valence-corrected chi connectivity index (χ3v) is 3.80. The molecule has 4 heteroatoms. The molecule has 1 aromatic rings. The molecule has 0 aromatic heterocycles. The number of nitrogens with one attached hydrogen (secondary N) is 1. The molecule has 1 aromatic carbocycles. The van der Waals surface area contributed by atoms with Crippen LogP contribution in [0.5, 0.6) is 5.75 Å². The van der Waals surface area contributed by atoms with Crippen LogP contribution >= 0.6 is 0 Å². The van der Waals surface area contributed by atoms with Gasteiger partial charge in [-0.05, 0) is 36.8 Å². The lowest BCUT2D eigenvalue weighted by Gasteiger charge is -2.26. The highest BCUT2D eigenvalue weighted by Gasteiger charge is 2.20. The number of hydrogen-bond acceptors (Lipinski definition) is 2. The second-order valence-corrected chi connectivity index (χ2v) is 5.51. The summed E-state index contributed by atoms with van der Waals surface area (Å²) >= 11 is 0. The number of rotatable bonds is 3. The third-order valence-electron chi connectivity index (χ3n) is 3.80. The van der Waals surface area contributed by atoms with E-state index in [0.29, 0.717) is 12.5 Å². The molecule has 0 bridgehead atoms. The van der Waals surface area contributed by atoms with Gasteiger partial charge >= 0.3 is 0 Å². The van der Waals surface area contributed by atoms with E-state index in [-0.39, 0.29) is 17.2 Å². The molecule has 1 saturated carbocycles. The van der Waals surface area contributed by atoms with E-state index < -0.39 is 5.82 Å². The van der Waals surface area contributed by atoms with Crippen LogP contribution in [0.4, 0.5) is 4.39 Å². The zero-order valence-electron chi connectivity index (χ0n) is 11.2. The second-order valence-electron chi connectivity index (χ2n) is 5.51. The summed E-state index contributed by atoms with van der Waals surface area (Å²) in [5.74, 6) is 0.0329. The maximum atomic E-state index is 12.8. The number of halogens is 1. The molecule has 1 aliphatic rings. The SMILES string of the molecule is CC1CCCC(CNC(=O)c2ccc(F)cc2O)C1. The molecule has 2 atom stereocenters. The van der Waals surface area contributed by atoms with Gasteiger partial charge in [-0.1, -0.05) is 19.8 Å². The highest BCUT2D eigenvalue weighted by atomic mass is 19.1. The van der Waals surface area contributed by atoms with Crippen LogP contribution in [0.3, 0.4) is 0 Å². The monoisotopic (exact) mass is 265 g/mol. The molecule has 19 heavy (non-hydrogen) atoms. The molecular formula is C15H20FNO2. The smallest absolute Gasteiger partial charge is 0.255 e. The van der Waals surface area contributed by atoms with Crippen molar-refractivity contribution in [1.82, 2.24) is 5.32 Å². The molecule has 2 rings (SSSR count). The second kappa shape index (κ2) is 6.04. The lowest BCUT2D eigenvalue weighted by molar-refractivity contribution is 0.0938. The Morgan fingerprint density at radius 3 is 2.95 bits per heavy atom. The van der Waals surface area contributed by atoms with E-state index in [1.807, 2.05) is 0 Å². The first-order valence-corrected chi connectivity index (χ1v) is 6.83. The lowest BCUT2D eigenvalue weighted by atomic mass is 9.82. The van der Waals surface area contributed by atoms with Crippen molar-refractivity contribution in [3.8, 4) is 5.75 Å². The number of phenols is 1. The molecule has 1 fully saturated rings. The van der Waals surface area contributed by atoms with Crippen molar-refractivity contribution >= 4 is 5.91 Å². The summed E-state index contributed by atoms with van der Waals surface area (Å²) in [5, 5.41) is 12.4. The van der Waals surface area contributed by atoms with E-state index in [4.69, 9.17) is 0 Å². The van der Waals surface area contributed by atoms with Gasteiger partial charge in [0, 0.05) is 12.6 Å². The van der Waals surface area contributed by atoms with Crippen molar-refractivity contribution in [2.75, 3.05) is 6.54 Å². The van der Waals surface area contributed by atoms with Gasteiger partial charge in [0.15, 0.2) is 0 Å². The summed E-state index contributed by atoms with van der Waals surface area (Å²) in [5.41, 5.74) is 0.130. The van der Waals surface area contributed by atoms with Crippen LogP contribution in [0.2, 0.25) is 0 Å². The fourth-order valence-corrected chi connectivity index (χ4v) is 2.77. The van der Waals surface area contributed by atoms with E-state index in [1.54, 1.807) is 0 Å². The summed E-state index contributed by atoms with van der Waals surface area (Å²) in [4.78, 5) is 11.9. The van der Waals surface area contributed by atoms with Gasteiger partial charge in [-0.25, -0.2) is 4.39 Å². The standard InChI is InChI=1S/C15H20FNO2/c1-10-3-2-4-11(7-10)9-17-15(19)13-6-5-12(16)8-14(13)18/h5-6,8,10-11,18H,2-4,7,9H2,1H3,(H,17,19). The average Bonchev–Trinajstić information content (AvgIpc) is 2.36. The van der Waals surface area contributed by atoms with Gasteiger partial charge in [0.1, 0.15) is 11.6 Å². The van der Waals surface area contributed by atoms with Crippen LogP contribution in [0.1, 0.15) is 43.0 Å². The largest absolute Gasteiger partial charge is 0.507 e. The minimum atomic E-state index is -0.546. The van der Waals surface area contributed by atoms with E-state index in [9.17, 15) is 14.3 Å². The van der Waals surface area contributed by atoms with Crippen LogP contribution < -0.4 is 5.32 Å². The van der Waals surface area contributed by atoms with Crippen LogP contribution in [0.25, 0.3) is 0 Å². The summed E-state index contributed by atoms with van der Waals surface area (Å²) in [6.45, 7) is 2.86. The minimum Gasteiger partial charge on any atom is -0.507 e. The third kappa shape index (κ3) is 3.69. The highest BCUT2D eigenvalue weighted by Crippen LogP contribution is 2.28. The number of amides is 1. The van der Waals surface area contributed by atoms with Gasteiger partial charge in [-0.2, -0.15) is 0 Å². The van der Waals surface area contributed by atoms with Crippen molar-refractivity contribution in [3.05, 3.63) is 29.6 Å². The number of aromatic hydroxyl groups is 1. The number of phenolic OH excluding ortho intramolecular Hbond substituents is 1. The Morgan fingerprint density at radius 1 is 1.47 bits per heavy atom. The summed E-state index contributed by atoms with van der Waals surface area (Å²) < 4.78 is 12.8. The Labute approximate surface area is 112 Å². The first kappa shape index (κ1) is 13.8. The van der Waals surface area contributed by atoms with Gasteiger partial charge in [0.2, 0.25) is 0 Å². The van der Waals surface area contributed by atoms with Crippen LogP contribution in [-0.2, 0) is 0 Å². The van der Waals surface area contributed by atoms with E-state index in [2.05, 4.69) is 12.2 Å². The molecular weight excluding hydrogens is 245 g/mol. The summed E-state index contributed by atoms with van der Waals surface area (Å²) in [7, 11) is 0. The Kier molecular flexibility index (Phi) is 4.40. The van der Waals surface area contributed by atoms with Crippen LogP contribution in [0, 0.1) is 17.7 Å². The molecule has 2 N–H and O–H groups in total. The zero-order valence-corrected chi connectivity index (χ0v) is 11.2. The van der Waals surface area contributed by atoms with Crippen molar-refractivity contribution < 1.29 is 14.3 Å². The molecule has 0 heterocycles. The summed E-state index contributed by atoms with van der Waals surface area (Å²) in [6.07, 6.45) is 4.75. The topological polar surface area (TPSA) is 49.3 Å². The fraction of sp³-hybridized carbons (Fsp3) is 0.533. The Bertz CT molecular complexity index is 461. The first-order valence-electron chi connectivity index (χ1n) is 6.83. The number of carbonyl (C=O) groups is 1. The lowest BCUT2D eigenvalue weighted by Crippen LogP contribution is -2.31. The Balaban J connectivity index is 1.90. The van der Waals surface area contributed by atoms with Gasteiger partial charge in [-0.15, -0.1) is 0 Å². The highest BCUT2D eigenvalue weighted by molar-refractivity contribution is 5.96. The molecule has 1 amide bonds. The van der Waals surface area contributed by atoms with Crippen molar-refractivity contribution in [2.24, 2.45) is 11.8 Å². The predicted octanol–water partition coefficient (Wildman–Crippen LogP) is 3.09. The molecule has 2 unspecified atom stereocenters. The number of carbonyl (C=O) groups excluding carboxylic acids is 1. The van der Waals surface area contributed by atoms with Crippen molar-refractivity contribution in [1.29, 1.82) is 0 Å². The van der Waals surface area contributed by atoms with Gasteiger partial charge in [0.25, 0.3) is 5.91 Å². The predicted molar refractivity (Wildman–Crippen MR) is 71.5 cm³/mol. The van der Waals surface area contributed by atoms with Gasteiger partial charge in [-0.3, -0.25) is 4.79 Å². The average molecular weight is 265 g/mol. The van der Waals surface area contributed by atoms with Crippen LogP contribution in [0.15, 0.2) is 18.2 Å². The molecule has 3 nitrogen and oxygen atoms in total. The number of benzene rings is 1. The normalized spacial score (nSPS) is 23.1.